The lowest BCUT2D eigenvalue weighted by atomic mass is 10.3. The van der Waals surface area contributed by atoms with Crippen LogP contribution in [0.5, 0.6) is 11.5 Å². The van der Waals surface area contributed by atoms with Gasteiger partial charge in [0.15, 0.2) is 11.5 Å². The highest BCUT2D eigenvalue weighted by atomic mass is 79.9. The quantitative estimate of drug-likeness (QED) is 0.746. The van der Waals surface area contributed by atoms with E-state index in [1.54, 1.807) is 18.2 Å². The minimum Gasteiger partial charge on any atom is -0.492 e. The molecule has 0 spiro atoms. The Bertz CT molecular complexity index is 286. The maximum Gasteiger partial charge on any atom is 0.298 e. The molecule has 64 valence electrons. The molecule has 0 fully saturated rings. The van der Waals surface area contributed by atoms with Crippen LogP contribution in [0.15, 0.2) is 22.7 Å². The lowest BCUT2D eigenvalue weighted by Crippen LogP contribution is -1.93. The molecule has 0 N–H and O–H groups in total. The van der Waals surface area contributed by atoms with Gasteiger partial charge >= 0.3 is 0 Å². The Hall–Kier alpha value is -1.03. The van der Waals surface area contributed by atoms with Crippen molar-refractivity contribution in [3.63, 3.8) is 0 Å². The van der Waals surface area contributed by atoms with Crippen LogP contribution in [-0.2, 0) is 4.79 Å². The fourth-order valence-electron chi connectivity index (χ4n) is 0.832. The molecule has 1 aromatic carbocycles. The van der Waals surface area contributed by atoms with Crippen molar-refractivity contribution in [1.82, 2.24) is 0 Å². The van der Waals surface area contributed by atoms with Gasteiger partial charge in [0, 0.05) is 0 Å². The van der Waals surface area contributed by atoms with E-state index < -0.39 is 0 Å². The summed E-state index contributed by atoms with van der Waals surface area (Å²) in [5.41, 5.74) is 0. The number of benzene rings is 1. The third kappa shape index (κ3) is 1.76. The van der Waals surface area contributed by atoms with E-state index in [0.29, 0.717) is 18.0 Å². The number of methoxy groups -OCH3 is 1. The lowest BCUT2D eigenvalue weighted by molar-refractivity contribution is -0.120. The van der Waals surface area contributed by atoms with Crippen molar-refractivity contribution in [3.8, 4) is 11.5 Å². The molecule has 0 heterocycles. The Morgan fingerprint density at radius 3 is 2.83 bits per heavy atom. The van der Waals surface area contributed by atoms with E-state index in [-0.39, 0.29) is 0 Å². The molecule has 0 aromatic heterocycles. The van der Waals surface area contributed by atoms with Crippen LogP contribution < -0.4 is 9.47 Å². The molecule has 1 rings (SSSR count). The molecule has 0 saturated carbocycles. The van der Waals surface area contributed by atoms with E-state index in [1.165, 1.54) is 7.11 Å². The standard InChI is InChI=1S/C8H7BrO3/c1-11-8-6(9)3-2-4-7(8)12-5-10/h2-5H,1H3. The molecule has 0 aliphatic carbocycles. The molecule has 0 aliphatic rings. The predicted molar refractivity (Wildman–Crippen MR) is 47.4 cm³/mol. The summed E-state index contributed by atoms with van der Waals surface area (Å²) in [7, 11) is 1.51. The maximum atomic E-state index is 10.1. The van der Waals surface area contributed by atoms with Gasteiger partial charge in [0.2, 0.25) is 0 Å². The Labute approximate surface area is 78.4 Å². The highest BCUT2D eigenvalue weighted by Crippen LogP contribution is 2.34. The van der Waals surface area contributed by atoms with Crippen LogP contribution in [0, 0.1) is 0 Å². The summed E-state index contributed by atoms with van der Waals surface area (Å²) in [6, 6.07) is 5.21. The van der Waals surface area contributed by atoms with E-state index in [1.807, 2.05) is 0 Å². The second-order valence-corrected chi connectivity index (χ2v) is 2.84. The number of carbonyl (C=O) groups excluding carboxylic acids is 1. The van der Waals surface area contributed by atoms with Crippen LogP contribution in [-0.4, -0.2) is 13.6 Å². The fourth-order valence-corrected chi connectivity index (χ4v) is 1.34. The first-order valence-corrected chi connectivity index (χ1v) is 4.01. The number of hydrogen-bond donors (Lipinski definition) is 0. The summed E-state index contributed by atoms with van der Waals surface area (Å²) in [5, 5.41) is 0. The number of hydrogen-bond acceptors (Lipinski definition) is 3. The van der Waals surface area contributed by atoms with Crippen LogP contribution in [0.25, 0.3) is 0 Å². The lowest BCUT2D eigenvalue weighted by Gasteiger charge is -2.06. The number of carbonyl (C=O) groups is 1. The van der Waals surface area contributed by atoms with Crippen LogP contribution in [0.2, 0.25) is 0 Å². The van der Waals surface area contributed by atoms with Gasteiger partial charge in [0.25, 0.3) is 6.47 Å². The zero-order valence-corrected chi connectivity index (χ0v) is 8.00. The first-order valence-electron chi connectivity index (χ1n) is 3.22. The van der Waals surface area contributed by atoms with Gasteiger partial charge in [-0.1, -0.05) is 6.07 Å². The van der Waals surface area contributed by atoms with Crippen molar-refractivity contribution in [2.75, 3.05) is 7.11 Å². The molecule has 3 nitrogen and oxygen atoms in total. The summed E-state index contributed by atoms with van der Waals surface area (Å²) >= 11 is 3.26. The Kier molecular flexibility index (Phi) is 3.10. The van der Waals surface area contributed by atoms with Crippen molar-refractivity contribution in [3.05, 3.63) is 22.7 Å². The average molecular weight is 231 g/mol. The predicted octanol–water partition coefficient (Wildman–Crippen LogP) is 1.99. The molecule has 0 saturated heterocycles. The first kappa shape index (κ1) is 9.06. The molecular formula is C8H7BrO3. The molecule has 4 heteroatoms. The molecule has 1 aromatic rings. The van der Waals surface area contributed by atoms with Gasteiger partial charge in [-0.2, -0.15) is 0 Å². The van der Waals surface area contributed by atoms with Gasteiger partial charge in [-0.05, 0) is 28.1 Å². The Morgan fingerprint density at radius 2 is 2.25 bits per heavy atom. The topological polar surface area (TPSA) is 35.5 Å². The summed E-state index contributed by atoms with van der Waals surface area (Å²) < 4.78 is 10.4. The molecule has 0 amide bonds. The Balaban J connectivity index is 3.08. The van der Waals surface area contributed by atoms with E-state index >= 15 is 0 Å². The third-order valence-electron chi connectivity index (χ3n) is 1.31. The van der Waals surface area contributed by atoms with Crippen LogP contribution in [0.4, 0.5) is 0 Å². The van der Waals surface area contributed by atoms with Crippen molar-refractivity contribution < 1.29 is 14.3 Å². The minimum absolute atomic E-state index is 0.365. The van der Waals surface area contributed by atoms with Crippen molar-refractivity contribution >= 4 is 22.4 Å². The van der Waals surface area contributed by atoms with Gasteiger partial charge in [-0.15, -0.1) is 0 Å². The second-order valence-electron chi connectivity index (χ2n) is 1.99. The van der Waals surface area contributed by atoms with Crippen molar-refractivity contribution in [2.24, 2.45) is 0 Å². The first-order chi connectivity index (χ1) is 5.79. The summed E-state index contributed by atoms with van der Waals surface area (Å²) in [4.78, 5) is 10.1. The minimum atomic E-state index is 0.365. The third-order valence-corrected chi connectivity index (χ3v) is 1.93. The normalized spacial score (nSPS) is 9.17. The number of halogens is 1. The smallest absolute Gasteiger partial charge is 0.298 e. The van der Waals surface area contributed by atoms with Crippen molar-refractivity contribution in [1.29, 1.82) is 0 Å². The average Bonchev–Trinajstić information content (AvgIpc) is 2.05. The molecular weight excluding hydrogens is 224 g/mol. The van der Waals surface area contributed by atoms with Crippen LogP contribution >= 0.6 is 15.9 Å². The van der Waals surface area contributed by atoms with Gasteiger partial charge in [0.05, 0.1) is 11.6 Å². The largest absolute Gasteiger partial charge is 0.492 e. The summed E-state index contributed by atoms with van der Waals surface area (Å²) in [6.45, 7) is 0.365. The van der Waals surface area contributed by atoms with Crippen LogP contribution in [0.3, 0.4) is 0 Å². The highest BCUT2D eigenvalue weighted by molar-refractivity contribution is 9.10. The zero-order chi connectivity index (χ0) is 8.97. The molecule has 0 bridgehead atoms. The summed E-state index contributed by atoms with van der Waals surface area (Å²) in [5.74, 6) is 0.923. The van der Waals surface area contributed by atoms with Gasteiger partial charge in [0.1, 0.15) is 0 Å². The SMILES string of the molecule is COc1c(Br)cccc1OC=O. The number of ether oxygens (including phenoxy) is 2. The van der Waals surface area contributed by atoms with Gasteiger partial charge in [-0.3, -0.25) is 4.79 Å². The molecule has 0 atom stereocenters. The number of para-hydroxylation sites is 1. The monoisotopic (exact) mass is 230 g/mol. The van der Waals surface area contributed by atoms with E-state index in [9.17, 15) is 4.79 Å². The Morgan fingerprint density at radius 1 is 1.50 bits per heavy atom. The van der Waals surface area contributed by atoms with E-state index in [2.05, 4.69) is 20.7 Å². The fraction of sp³-hybridized carbons (Fsp3) is 0.125. The zero-order valence-electron chi connectivity index (χ0n) is 6.41. The number of rotatable bonds is 3. The van der Waals surface area contributed by atoms with E-state index in [0.717, 1.165) is 4.47 Å². The van der Waals surface area contributed by atoms with Gasteiger partial charge < -0.3 is 9.47 Å². The second kappa shape index (κ2) is 4.11. The maximum absolute atomic E-state index is 10.1. The summed E-state index contributed by atoms with van der Waals surface area (Å²) in [6.07, 6.45) is 0. The van der Waals surface area contributed by atoms with Gasteiger partial charge in [-0.25, -0.2) is 0 Å². The van der Waals surface area contributed by atoms with Crippen molar-refractivity contribution in [2.45, 2.75) is 0 Å². The molecule has 0 radical (unpaired) electrons. The highest BCUT2D eigenvalue weighted by Gasteiger charge is 2.06. The van der Waals surface area contributed by atoms with Crippen LogP contribution in [0.1, 0.15) is 0 Å². The van der Waals surface area contributed by atoms with E-state index in [4.69, 9.17) is 4.74 Å². The molecule has 0 aliphatic heterocycles. The molecule has 12 heavy (non-hydrogen) atoms. The molecule has 0 unspecified atom stereocenters.